The summed E-state index contributed by atoms with van der Waals surface area (Å²) in [5.74, 6) is -0.0409. The zero-order valence-corrected chi connectivity index (χ0v) is 9.40. The van der Waals surface area contributed by atoms with Crippen LogP contribution in [0.3, 0.4) is 0 Å². The van der Waals surface area contributed by atoms with Crippen LogP contribution in [0.2, 0.25) is 0 Å². The summed E-state index contributed by atoms with van der Waals surface area (Å²) in [6.07, 6.45) is 1.20. The highest BCUT2D eigenvalue weighted by Gasteiger charge is 2.30. The average Bonchev–Trinajstić information content (AvgIpc) is 2.68. The minimum absolute atomic E-state index is 0.121. The third-order valence-corrected chi connectivity index (χ3v) is 3.29. The van der Waals surface area contributed by atoms with E-state index in [-0.39, 0.29) is 17.8 Å². The standard InChI is InChI=1S/C13H17FO2/c1-9-12(6-7-16-9)13(15)8-10-2-4-11(14)5-3-10/h2-5,9,12-13,15H,6-8H2,1H3. The molecule has 3 unspecified atom stereocenters. The molecule has 1 saturated heterocycles. The Bertz CT molecular complexity index is 336. The number of hydrogen-bond acceptors (Lipinski definition) is 2. The molecule has 3 heteroatoms. The van der Waals surface area contributed by atoms with Crippen molar-refractivity contribution in [1.29, 1.82) is 0 Å². The van der Waals surface area contributed by atoms with Crippen molar-refractivity contribution in [1.82, 2.24) is 0 Å². The van der Waals surface area contributed by atoms with Crippen LogP contribution in [0.25, 0.3) is 0 Å². The number of hydrogen-bond donors (Lipinski definition) is 1. The Balaban J connectivity index is 1.96. The van der Waals surface area contributed by atoms with Gasteiger partial charge in [-0.2, -0.15) is 0 Å². The van der Waals surface area contributed by atoms with Gasteiger partial charge in [0.2, 0.25) is 0 Å². The van der Waals surface area contributed by atoms with Crippen molar-refractivity contribution < 1.29 is 14.2 Å². The lowest BCUT2D eigenvalue weighted by molar-refractivity contribution is 0.0441. The lowest BCUT2D eigenvalue weighted by Crippen LogP contribution is -2.28. The van der Waals surface area contributed by atoms with Gasteiger partial charge in [0.25, 0.3) is 0 Å². The highest BCUT2D eigenvalue weighted by molar-refractivity contribution is 5.17. The lowest BCUT2D eigenvalue weighted by Gasteiger charge is -2.20. The second kappa shape index (κ2) is 4.93. The molecule has 1 aromatic rings. The number of benzene rings is 1. The van der Waals surface area contributed by atoms with Crippen LogP contribution in [0, 0.1) is 11.7 Å². The van der Waals surface area contributed by atoms with Crippen molar-refractivity contribution in [3.8, 4) is 0 Å². The molecule has 1 N–H and O–H groups in total. The minimum atomic E-state index is -0.400. The van der Waals surface area contributed by atoms with Gasteiger partial charge in [-0.25, -0.2) is 4.39 Å². The summed E-state index contributed by atoms with van der Waals surface area (Å²) in [6, 6.07) is 6.30. The molecule has 1 fully saturated rings. The summed E-state index contributed by atoms with van der Waals surface area (Å²) < 4.78 is 18.1. The molecule has 2 rings (SSSR count). The fraction of sp³-hybridized carbons (Fsp3) is 0.538. The maximum Gasteiger partial charge on any atom is 0.123 e. The average molecular weight is 224 g/mol. The molecule has 3 atom stereocenters. The van der Waals surface area contributed by atoms with Crippen molar-refractivity contribution in [2.75, 3.05) is 6.61 Å². The zero-order valence-electron chi connectivity index (χ0n) is 9.40. The molecule has 1 heterocycles. The van der Waals surface area contributed by atoms with E-state index in [4.69, 9.17) is 4.74 Å². The molecule has 2 nitrogen and oxygen atoms in total. The normalized spacial score (nSPS) is 26.9. The number of ether oxygens (including phenoxy) is 1. The molecule has 0 aromatic heterocycles. The van der Waals surface area contributed by atoms with Gasteiger partial charge in [-0.05, 0) is 37.5 Å². The number of aliphatic hydroxyl groups excluding tert-OH is 1. The highest BCUT2D eigenvalue weighted by atomic mass is 19.1. The van der Waals surface area contributed by atoms with Gasteiger partial charge >= 0.3 is 0 Å². The molecule has 1 aliphatic heterocycles. The monoisotopic (exact) mass is 224 g/mol. The molecule has 0 spiro atoms. The molecular formula is C13H17FO2. The van der Waals surface area contributed by atoms with Gasteiger partial charge in [-0.15, -0.1) is 0 Å². The van der Waals surface area contributed by atoms with Crippen LogP contribution >= 0.6 is 0 Å². The fourth-order valence-electron chi connectivity index (χ4n) is 2.27. The number of rotatable bonds is 3. The van der Waals surface area contributed by atoms with Crippen molar-refractivity contribution in [2.24, 2.45) is 5.92 Å². The smallest absolute Gasteiger partial charge is 0.123 e. The summed E-state index contributed by atoms with van der Waals surface area (Å²) in [6.45, 7) is 2.72. The Morgan fingerprint density at radius 2 is 2.12 bits per heavy atom. The van der Waals surface area contributed by atoms with E-state index in [1.54, 1.807) is 12.1 Å². The van der Waals surface area contributed by atoms with Gasteiger partial charge in [-0.1, -0.05) is 12.1 Å². The predicted octanol–water partition coefficient (Wildman–Crippen LogP) is 2.15. The van der Waals surface area contributed by atoms with Crippen molar-refractivity contribution in [3.05, 3.63) is 35.6 Å². The van der Waals surface area contributed by atoms with Crippen LogP contribution in [-0.4, -0.2) is 23.9 Å². The summed E-state index contributed by atoms with van der Waals surface area (Å²) in [7, 11) is 0. The summed E-state index contributed by atoms with van der Waals surface area (Å²) >= 11 is 0. The Kier molecular flexibility index (Phi) is 3.56. The van der Waals surface area contributed by atoms with E-state index >= 15 is 0 Å². The molecule has 88 valence electrons. The lowest BCUT2D eigenvalue weighted by atomic mass is 9.91. The number of aliphatic hydroxyl groups is 1. The molecule has 0 saturated carbocycles. The van der Waals surface area contributed by atoms with Crippen LogP contribution in [0.4, 0.5) is 4.39 Å². The molecule has 0 radical (unpaired) electrons. The van der Waals surface area contributed by atoms with E-state index in [1.807, 2.05) is 6.92 Å². The topological polar surface area (TPSA) is 29.5 Å². The van der Waals surface area contributed by atoms with Crippen molar-refractivity contribution >= 4 is 0 Å². The highest BCUT2D eigenvalue weighted by Crippen LogP contribution is 2.25. The van der Waals surface area contributed by atoms with E-state index in [9.17, 15) is 9.50 Å². The van der Waals surface area contributed by atoms with Gasteiger partial charge in [-0.3, -0.25) is 0 Å². The molecule has 0 bridgehead atoms. The number of halogens is 1. The first-order chi connectivity index (χ1) is 7.66. The van der Waals surface area contributed by atoms with Gasteiger partial charge in [0.05, 0.1) is 12.2 Å². The molecule has 0 aliphatic carbocycles. The quantitative estimate of drug-likeness (QED) is 0.852. The van der Waals surface area contributed by atoms with E-state index in [1.165, 1.54) is 12.1 Å². The van der Waals surface area contributed by atoms with Gasteiger partial charge in [0.1, 0.15) is 5.82 Å². The fourth-order valence-corrected chi connectivity index (χ4v) is 2.27. The maximum absolute atomic E-state index is 12.7. The third-order valence-electron chi connectivity index (χ3n) is 3.29. The minimum Gasteiger partial charge on any atom is -0.392 e. The summed E-state index contributed by atoms with van der Waals surface area (Å²) in [4.78, 5) is 0. The van der Waals surface area contributed by atoms with Crippen LogP contribution in [0.1, 0.15) is 18.9 Å². The molecule has 1 aromatic carbocycles. The Morgan fingerprint density at radius 1 is 1.44 bits per heavy atom. The van der Waals surface area contributed by atoms with Crippen LogP contribution in [0.5, 0.6) is 0 Å². The third kappa shape index (κ3) is 2.60. The second-order valence-electron chi connectivity index (χ2n) is 4.43. The molecule has 1 aliphatic rings. The first-order valence-electron chi connectivity index (χ1n) is 5.71. The van der Waals surface area contributed by atoms with E-state index < -0.39 is 6.10 Å². The SMILES string of the molecule is CC1OCCC1C(O)Cc1ccc(F)cc1. The molecule has 0 amide bonds. The van der Waals surface area contributed by atoms with Crippen molar-refractivity contribution in [2.45, 2.75) is 32.0 Å². The Morgan fingerprint density at radius 3 is 2.69 bits per heavy atom. The predicted molar refractivity (Wildman–Crippen MR) is 59.6 cm³/mol. The summed E-state index contributed by atoms with van der Waals surface area (Å²) in [5.41, 5.74) is 0.966. The second-order valence-corrected chi connectivity index (χ2v) is 4.43. The maximum atomic E-state index is 12.7. The largest absolute Gasteiger partial charge is 0.392 e. The van der Waals surface area contributed by atoms with E-state index in [0.29, 0.717) is 6.42 Å². The van der Waals surface area contributed by atoms with Crippen LogP contribution in [-0.2, 0) is 11.2 Å². The van der Waals surface area contributed by atoms with Gasteiger partial charge in [0, 0.05) is 12.5 Å². The van der Waals surface area contributed by atoms with Gasteiger partial charge < -0.3 is 9.84 Å². The molecule has 16 heavy (non-hydrogen) atoms. The van der Waals surface area contributed by atoms with E-state index in [2.05, 4.69) is 0 Å². The zero-order chi connectivity index (χ0) is 11.5. The van der Waals surface area contributed by atoms with E-state index in [0.717, 1.165) is 18.6 Å². The summed E-state index contributed by atoms with van der Waals surface area (Å²) in [5, 5.41) is 10.1. The van der Waals surface area contributed by atoms with Gasteiger partial charge in [0.15, 0.2) is 0 Å². The van der Waals surface area contributed by atoms with Crippen LogP contribution in [0.15, 0.2) is 24.3 Å². The van der Waals surface area contributed by atoms with Crippen LogP contribution < -0.4 is 0 Å². The first-order valence-corrected chi connectivity index (χ1v) is 5.71. The Hall–Kier alpha value is -0.930. The Labute approximate surface area is 95.1 Å². The van der Waals surface area contributed by atoms with Crippen molar-refractivity contribution in [3.63, 3.8) is 0 Å². The first kappa shape index (κ1) is 11.6. The molecular weight excluding hydrogens is 207 g/mol.